The van der Waals surface area contributed by atoms with Gasteiger partial charge in [0.2, 0.25) is 5.12 Å². The molecule has 4 aliphatic rings. The number of aliphatic hydroxyl groups excluding tert-OH is 2. The molecule has 6 nitrogen and oxygen atoms in total. The van der Waals surface area contributed by atoms with Gasteiger partial charge in [-0.15, -0.1) is 0 Å². The Kier molecular flexibility index (Phi) is 7.15. The van der Waals surface area contributed by atoms with Crippen LogP contribution in [-0.4, -0.2) is 56.6 Å². The van der Waals surface area contributed by atoms with E-state index < -0.39 is 75.0 Å². The van der Waals surface area contributed by atoms with Crippen molar-refractivity contribution in [3.63, 3.8) is 0 Å². The highest BCUT2D eigenvalue weighted by Crippen LogP contribution is 2.72. The maximum Gasteiger partial charge on any atom is 0.339 e. The predicted molar refractivity (Wildman–Crippen MR) is 142 cm³/mol. The van der Waals surface area contributed by atoms with Crippen LogP contribution in [0.4, 0.5) is 13.2 Å². The molecule has 0 saturated heterocycles. The lowest BCUT2D eigenvalue weighted by Crippen LogP contribution is -2.70. The van der Waals surface area contributed by atoms with Crippen LogP contribution in [0.25, 0.3) is 0 Å². The topological polar surface area (TPSA) is 101 Å². The second-order valence-corrected chi connectivity index (χ2v) is 12.9. The minimum absolute atomic E-state index is 0.0134. The molecule has 9 atom stereocenters. The molecule has 0 amide bonds. The molecule has 3 saturated carbocycles. The summed E-state index contributed by atoms with van der Waals surface area (Å²) in [6.45, 7) is 4.57. The van der Waals surface area contributed by atoms with Gasteiger partial charge in [0.1, 0.15) is 12.2 Å². The minimum Gasteiger partial charge on any atom is -0.446 e. The summed E-state index contributed by atoms with van der Waals surface area (Å²) in [5.74, 6) is -3.78. The lowest BCUT2D eigenvalue weighted by Gasteiger charge is -2.63. The van der Waals surface area contributed by atoms with Gasteiger partial charge in [-0.3, -0.25) is 9.59 Å². The van der Waals surface area contributed by atoms with Crippen LogP contribution in [0.2, 0.25) is 0 Å². The number of halogens is 3. The van der Waals surface area contributed by atoms with Gasteiger partial charge in [0.05, 0.1) is 18.3 Å². The first kappa shape index (κ1) is 29.1. The van der Waals surface area contributed by atoms with Crippen LogP contribution < -0.4 is 0 Å². The molecule has 0 radical (unpaired) electrons. The average Bonchev–Trinajstić information content (AvgIpc) is 3.13. The lowest BCUT2D eigenvalue weighted by molar-refractivity contribution is -0.221. The first-order valence-corrected chi connectivity index (χ1v) is 14.4. The Morgan fingerprint density at radius 2 is 1.82 bits per heavy atom. The van der Waals surface area contributed by atoms with Crippen molar-refractivity contribution in [2.45, 2.75) is 70.2 Å². The molecule has 2 N–H and O–H groups in total. The molecule has 0 heterocycles. The van der Waals surface area contributed by atoms with Crippen LogP contribution in [0, 0.1) is 28.6 Å². The summed E-state index contributed by atoms with van der Waals surface area (Å²) in [5.41, 5.74) is -6.58. The van der Waals surface area contributed by atoms with Gasteiger partial charge in [0.15, 0.2) is 17.1 Å². The van der Waals surface area contributed by atoms with Crippen molar-refractivity contribution >= 4 is 28.6 Å². The van der Waals surface area contributed by atoms with Gasteiger partial charge in [0, 0.05) is 22.7 Å². The van der Waals surface area contributed by atoms with E-state index in [9.17, 15) is 29.0 Å². The van der Waals surface area contributed by atoms with Gasteiger partial charge in [-0.05, 0) is 79.3 Å². The van der Waals surface area contributed by atoms with Crippen LogP contribution in [0.5, 0.6) is 0 Å². The first-order chi connectivity index (χ1) is 18.8. The van der Waals surface area contributed by atoms with Crippen molar-refractivity contribution in [3.8, 4) is 0 Å². The Hall–Kier alpha value is -2.43. The summed E-state index contributed by atoms with van der Waals surface area (Å²) in [5, 5.41) is 20.2. The third-order valence-electron chi connectivity index (χ3n) is 10.3. The number of alkyl halides is 3. The monoisotopic (exact) mass is 578 g/mol. The van der Waals surface area contributed by atoms with Gasteiger partial charge < -0.3 is 14.9 Å². The molecule has 4 aliphatic carbocycles. The number of thioether (sulfide) groups is 1. The maximum atomic E-state index is 17.5. The summed E-state index contributed by atoms with van der Waals surface area (Å²) in [6, 6.07) is 4.87. The molecule has 5 rings (SSSR count). The average molecular weight is 579 g/mol. The molecular formula is C30H33F3O6S. The largest absolute Gasteiger partial charge is 0.446 e. The zero-order chi connectivity index (χ0) is 29.3. The molecule has 10 heteroatoms. The SMILES string of the molecule is C[C@@H]1C[C@H]2[C@@H]3C[C@H](F)C4=CC(=O)C=C[C@]4(C)[C@@]3(F)[C@@H](O)C[C@]2(C)[C@@]1(OC(=O)c1ccc(CO)cc1)C(=O)SCF. The second kappa shape index (κ2) is 9.84. The predicted octanol–water partition coefficient (Wildman–Crippen LogP) is 4.83. The fourth-order valence-electron chi connectivity index (χ4n) is 8.33. The zero-order valence-corrected chi connectivity index (χ0v) is 23.3. The van der Waals surface area contributed by atoms with Crippen LogP contribution in [0.1, 0.15) is 56.0 Å². The van der Waals surface area contributed by atoms with E-state index in [1.165, 1.54) is 43.3 Å². The molecule has 3 fully saturated rings. The molecule has 1 aromatic rings. The first-order valence-electron chi connectivity index (χ1n) is 13.4. The Labute approximate surface area is 235 Å². The smallest absolute Gasteiger partial charge is 0.339 e. The summed E-state index contributed by atoms with van der Waals surface area (Å²) >= 11 is 0.353. The van der Waals surface area contributed by atoms with Crippen molar-refractivity contribution in [3.05, 3.63) is 59.2 Å². The van der Waals surface area contributed by atoms with Gasteiger partial charge in [0.25, 0.3) is 0 Å². The van der Waals surface area contributed by atoms with E-state index in [1.54, 1.807) is 13.8 Å². The Bertz CT molecular complexity index is 1300. The third-order valence-corrected chi connectivity index (χ3v) is 11.0. The lowest BCUT2D eigenvalue weighted by atomic mass is 9.44. The molecule has 0 unspecified atom stereocenters. The number of carbonyl (C=O) groups is 3. The normalized spacial score (nSPS) is 42.0. The summed E-state index contributed by atoms with van der Waals surface area (Å²) in [6.07, 6.45) is -0.167. The highest BCUT2D eigenvalue weighted by atomic mass is 32.2. The number of hydrogen-bond acceptors (Lipinski definition) is 7. The van der Waals surface area contributed by atoms with Gasteiger partial charge in [-0.2, -0.15) is 0 Å². The molecule has 0 bridgehead atoms. The van der Waals surface area contributed by atoms with E-state index in [-0.39, 0.29) is 37.0 Å². The minimum atomic E-state index is -2.36. The van der Waals surface area contributed by atoms with Crippen LogP contribution in [0.15, 0.2) is 48.1 Å². The molecule has 216 valence electrons. The fourth-order valence-corrected chi connectivity index (χ4v) is 9.12. The Morgan fingerprint density at radius 1 is 1.15 bits per heavy atom. The van der Waals surface area contributed by atoms with Crippen LogP contribution in [-0.2, 0) is 20.9 Å². The standard InChI is InChI=1S/C30H33F3O6S/c1-16-10-20-21-12-23(32)22-11-19(35)8-9-27(22,2)29(21,33)24(36)13-28(20,3)30(16,26(38)40-15-31)39-25(37)18-6-4-17(14-34)5-7-18/h4-9,11,16,20-21,23-24,34,36H,10,12-15H2,1-3H3/t16-,20+,21+,23+,24+,27+,28+,29+,30+/m1/s1. The van der Waals surface area contributed by atoms with Crippen molar-refractivity contribution in [2.24, 2.45) is 28.6 Å². The van der Waals surface area contributed by atoms with Gasteiger partial charge >= 0.3 is 5.97 Å². The van der Waals surface area contributed by atoms with E-state index in [0.29, 0.717) is 17.3 Å². The summed E-state index contributed by atoms with van der Waals surface area (Å²) in [7, 11) is 0. The number of aliphatic hydroxyl groups is 2. The molecule has 0 aliphatic heterocycles. The summed E-state index contributed by atoms with van der Waals surface area (Å²) < 4.78 is 52.8. The molecule has 0 aromatic heterocycles. The van der Waals surface area contributed by atoms with E-state index in [1.807, 2.05) is 0 Å². The van der Waals surface area contributed by atoms with E-state index in [0.717, 1.165) is 6.08 Å². The number of ketones is 1. The number of benzene rings is 1. The number of ether oxygens (including phenoxy) is 1. The highest BCUT2D eigenvalue weighted by Gasteiger charge is 2.78. The summed E-state index contributed by atoms with van der Waals surface area (Å²) in [4.78, 5) is 39.2. The van der Waals surface area contributed by atoms with Crippen LogP contribution >= 0.6 is 11.8 Å². The van der Waals surface area contributed by atoms with Gasteiger partial charge in [-0.1, -0.05) is 32.1 Å². The van der Waals surface area contributed by atoms with Crippen LogP contribution in [0.3, 0.4) is 0 Å². The zero-order valence-electron chi connectivity index (χ0n) is 22.5. The quantitative estimate of drug-likeness (QED) is 0.483. The molecular weight excluding hydrogens is 545 g/mol. The Morgan fingerprint density at radius 3 is 2.45 bits per heavy atom. The van der Waals surface area contributed by atoms with E-state index in [4.69, 9.17) is 4.74 Å². The number of fused-ring (bicyclic) bond motifs is 5. The van der Waals surface area contributed by atoms with Crippen molar-refractivity contribution < 1.29 is 42.5 Å². The Balaban J connectivity index is 1.61. The van der Waals surface area contributed by atoms with Gasteiger partial charge in [-0.25, -0.2) is 18.0 Å². The van der Waals surface area contributed by atoms with E-state index >= 15 is 8.78 Å². The number of allylic oxidation sites excluding steroid dienone is 4. The van der Waals surface area contributed by atoms with E-state index in [2.05, 4.69) is 0 Å². The number of carbonyl (C=O) groups excluding carboxylic acids is 3. The van der Waals surface area contributed by atoms with Crippen molar-refractivity contribution in [1.29, 1.82) is 0 Å². The third kappa shape index (κ3) is 3.74. The maximum absolute atomic E-state index is 17.5. The molecule has 0 spiro atoms. The second-order valence-electron chi connectivity index (χ2n) is 12.0. The van der Waals surface area contributed by atoms with Crippen molar-refractivity contribution in [1.82, 2.24) is 0 Å². The number of esters is 1. The molecule has 40 heavy (non-hydrogen) atoms. The highest BCUT2D eigenvalue weighted by molar-refractivity contribution is 8.13. The number of hydrogen-bond donors (Lipinski definition) is 2. The number of rotatable bonds is 5. The fraction of sp³-hybridized carbons (Fsp3) is 0.567. The molecule has 1 aromatic carbocycles. The van der Waals surface area contributed by atoms with Crippen molar-refractivity contribution in [2.75, 3.05) is 6.01 Å².